The highest BCUT2D eigenvalue weighted by atomic mass is 35.5. The summed E-state index contributed by atoms with van der Waals surface area (Å²) >= 11 is 8.69. The number of carbonyl (C=O) groups is 1. The molecule has 2 aromatic heterocycles. The van der Waals surface area contributed by atoms with Crippen molar-refractivity contribution in [2.24, 2.45) is 0 Å². The van der Waals surface area contributed by atoms with E-state index in [2.05, 4.69) is 20.7 Å². The molecule has 0 aliphatic carbocycles. The van der Waals surface area contributed by atoms with Crippen molar-refractivity contribution >= 4 is 45.4 Å². The maximum atomic E-state index is 12.0. The molecule has 1 aliphatic heterocycles. The Morgan fingerprint density at radius 1 is 1.50 bits per heavy atom. The molecular weight excluding hydrogens is 340 g/mol. The lowest BCUT2D eigenvalue weighted by atomic mass is 10.0. The second kappa shape index (κ2) is 6.65. The molecule has 0 radical (unpaired) electrons. The van der Waals surface area contributed by atoms with E-state index in [1.807, 2.05) is 16.8 Å². The Morgan fingerprint density at radius 3 is 2.91 bits per heavy atom. The number of hydrogen-bond donors (Lipinski definition) is 1. The first-order chi connectivity index (χ1) is 10.7. The monoisotopic (exact) mass is 352 g/mol. The van der Waals surface area contributed by atoms with Crippen LogP contribution in [0.3, 0.4) is 0 Å². The molecule has 0 saturated carbocycles. The lowest BCUT2D eigenvalue weighted by molar-refractivity contribution is 0.0931. The van der Waals surface area contributed by atoms with Gasteiger partial charge in [-0.05, 0) is 35.8 Å². The molecule has 1 N–H and O–H groups in total. The number of carbonyl (C=O) groups excluding carboxylic acids is 1. The molecule has 0 aromatic carbocycles. The maximum absolute atomic E-state index is 12.0. The number of anilines is 1. The molecule has 1 amide bonds. The lowest BCUT2D eigenvalue weighted by Crippen LogP contribution is -2.44. The van der Waals surface area contributed by atoms with Crippen molar-refractivity contribution in [3.63, 3.8) is 0 Å². The second-order valence-electron chi connectivity index (χ2n) is 5.01. The van der Waals surface area contributed by atoms with Crippen molar-refractivity contribution < 1.29 is 4.79 Å². The minimum Gasteiger partial charge on any atom is -0.361 e. The number of nitrogens with one attached hydrogen (secondary N) is 1. The molecule has 5 nitrogen and oxygen atoms in total. The highest BCUT2D eigenvalue weighted by molar-refractivity contribution is 7.10. The van der Waals surface area contributed by atoms with E-state index in [0.29, 0.717) is 11.1 Å². The summed E-state index contributed by atoms with van der Waals surface area (Å²) in [6.45, 7) is 1.56. The fourth-order valence-electron chi connectivity index (χ4n) is 2.46. The molecule has 1 aliphatic rings. The van der Waals surface area contributed by atoms with Crippen molar-refractivity contribution in [1.29, 1.82) is 5.26 Å². The number of aromatic nitrogens is 1. The van der Waals surface area contributed by atoms with Crippen LogP contribution in [0.25, 0.3) is 0 Å². The van der Waals surface area contributed by atoms with Gasteiger partial charge in [0.25, 0.3) is 5.91 Å². The molecule has 0 bridgehead atoms. The zero-order valence-electron chi connectivity index (χ0n) is 11.6. The van der Waals surface area contributed by atoms with Crippen LogP contribution in [0.4, 0.5) is 5.00 Å². The minimum atomic E-state index is -0.0155. The molecule has 3 rings (SSSR count). The van der Waals surface area contributed by atoms with Crippen molar-refractivity contribution in [3.05, 3.63) is 33.1 Å². The Morgan fingerprint density at radius 2 is 2.27 bits per heavy atom. The first-order valence-electron chi connectivity index (χ1n) is 6.82. The summed E-state index contributed by atoms with van der Waals surface area (Å²) in [7, 11) is 0. The average Bonchev–Trinajstić information content (AvgIpc) is 3.17. The summed E-state index contributed by atoms with van der Waals surface area (Å²) in [6.07, 6.45) is 1.69. The molecule has 0 atom stereocenters. The van der Waals surface area contributed by atoms with Crippen molar-refractivity contribution in [1.82, 2.24) is 9.69 Å². The van der Waals surface area contributed by atoms with Crippen molar-refractivity contribution in [2.45, 2.75) is 18.9 Å². The Balaban J connectivity index is 1.59. The largest absolute Gasteiger partial charge is 0.361 e. The Hall–Kier alpha value is -1.62. The Labute approximate surface area is 141 Å². The lowest BCUT2D eigenvalue weighted by Gasteiger charge is -2.32. The molecule has 22 heavy (non-hydrogen) atoms. The second-order valence-corrected chi connectivity index (χ2v) is 6.90. The molecule has 2 aromatic rings. The van der Waals surface area contributed by atoms with E-state index < -0.39 is 0 Å². The number of nitriles is 1. The van der Waals surface area contributed by atoms with E-state index in [1.54, 1.807) is 0 Å². The Kier molecular flexibility index (Phi) is 4.62. The number of halogens is 1. The standard InChI is InChI=1S/C14H13ClN4OS2/c15-12-11(7-16)14(22-18-12)19-4-1-10(2-5-19)17-13(20)9-3-6-21-8-9/h3,6,8,10H,1-2,4-5H2,(H,17,20). The van der Waals surface area contributed by atoms with Crippen LogP contribution in [-0.4, -0.2) is 29.4 Å². The zero-order valence-corrected chi connectivity index (χ0v) is 14.0. The van der Waals surface area contributed by atoms with Crippen LogP contribution in [0.1, 0.15) is 28.8 Å². The van der Waals surface area contributed by atoms with Gasteiger partial charge in [0.1, 0.15) is 16.6 Å². The predicted molar refractivity (Wildman–Crippen MR) is 88.9 cm³/mol. The Bertz CT molecular complexity index is 699. The van der Waals surface area contributed by atoms with Crippen LogP contribution < -0.4 is 10.2 Å². The smallest absolute Gasteiger partial charge is 0.252 e. The minimum absolute atomic E-state index is 0.0155. The van der Waals surface area contributed by atoms with Crippen LogP contribution in [0.2, 0.25) is 5.15 Å². The van der Waals surface area contributed by atoms with Gasteiger partial charge < -0.3 is 10.2 Å². The fourth-order valence-corrected chi connectivity index (χ4v) is 4.18. The van der Waals surface area contributed by atoms with Crippen LogP contribution in [0.15, 0.2) is 16.8 Å². The van der Waals surface area contributed by atoms with Crippen molar-refractivity contribution in [3.8, 4) is 6.07 Å². The zero-order chi connectivity index (χ0) is 15.5. The summed E-state index contributed by atoms with van der Waals surface area (Å²) in [6, 6.07) is 4.10. The number of piperidine rings is 1. The SMILES string of the molecule is N#Cc1c(Cl)nsc1N1CCC(NC(=O)c2ccsc2)CC1. The van der Waals surface area contributed by atoms with Crippen LogP contribution >= 0.6 is 34.5 Å². The number of rotatable bonds is 3. The van der Waals surface area contributed by atoms with Crippen LogP contribution in [0.5, 0.6) is 0 Å². The normalized spacial score (nSPS) is 15.5. The van der Waals surface area contributed by atoms with Gasteiger partial charge in [-0.25, -0.2) is 0 Å². The summed E-state index contributed by atoms with van der Waals surface area (Å²) in [4.78, 5) is 14.2. The van der Waals surface area contributed by atoms with Gasteiger partial charge in [0.05, 0.1) is 0 Å². The van der Waals surface area contributed by atoms with E-state index in [-0.39, 0.29) is 17.1 Å². The van der Waals surface area contributed by atoms with E-state index in [0.717, 1.165) is 30.9 Å². The molecule has 0 unspecified atom stereocenters. The average molecular weight is 353 g/mol. The molecule has 1 fully saturated rings. The summed E-state index contributed by atoms with van der Waals surface area (Å²) in [5, 5.41) is 17.1. The number of amides is 1. The maximum Gasteiger partial charge on any atom is 0.252 e. The van der Waals surface area contributed by atoms with Gasteiger partial charge in [-0.3, -0.25) is 4.79 Å². The number of hydrogen-bond acceptors (Lipinski definition) is 6. The van der Waals surface area contributed by atoms with Gasteiger partial charge in [-0.15, -0.1) is 0 Å². The molecule has 0 spiro atoms. The first-order valence-corrected chi connectivity index (χ1v) is 8.91. The molecular formula is C14H13ClN4OS2. The van der Waals surface area contributed by atoms with Gasteiger partial charge in [0.2, 0.25) is 0 Å². The highest BCUT2D eigenvalue weighted by Crippen LogP contribution is 2.32. The van der Waals surface area contributed by atoms with Crippen LogP contribution in [0, 0.1) is 11.3 Å². The van der Waals surface area contributed by atoms with E-state index in [1.165, 1.54) is 22.9 Å². The predicted octanol–water partition coefficient (Wildman–Crippen LogP) is 3.13. The third-order valence-electron chi connectivity index (χ3n) is 3.64. The highest BCUT2D eigenvalue weighted by Gasteiger charge is 2.25. The molecule has 8 heteroatoms. The molecule has 3 heterocycles. The third kappa shape index (κ3) is 3.09. The first kappa shape index (κ1) is 15.3. The van der Waals surface area contributed by atoms with Crippen LogP contribution in [-0.2, 0) is 0 Å². The molecule has 1 saturated heterocycles. The number of nitrogens with zero attached hydrogens (tertiary/aromatic N) is 3. The van der Waals surface area contributed by atoms with Gasteiger partial charge in [-0.2, -0.15) is 21.0 Å². The fraction of sp³-hybridized carbons (Fsp3) is 0.357. The van der Waals surface area contributed by atoms with Gasteiger partial charge in [0.15, 0.2) is 5.15 Å². The third-order valence-corrected chi connectivity index (χ3v) is 5.61. The van der Waals surface area contributed by atoms with Gasteiger partial charge >= 0.3 is 0 Å². The van der Waals surface area contributed by atoms with E-state index >= 15 is 0 Å². The summed E-state index contributed by atoms with van der Waals surface area (Å²) < 4.78 is 4.04. The topological polar surface area (TPSA) is 69.0 Å². The molecule has 114 valence electrons. The summed E-state index contributed by atoms with van der Waals surface area (Å²) in [5.74, 6) is -0.0155. The van der Waals surface area contributed by atoms with Gasteiger partial charge in [-0.1, -0.05) is 11.6 Å². The number of thiophene rings is 1. The quantitative estimate of drug-likeness (QED) is 0.921. The summed E-state index contributed by atoms with van der Waals surface area (Å²) in [5.41, 5.74) is 1.17. The van der Waals surface area contributed by atoms with Gasteiger partial charge in [0, 0.05) is 30.1 Å². The van der Waals surface area contributed by atoms with Crippen molar-refractivity contribution in [2.75, 3.05) is 18.0 Å². The van der Waals surface area contributed by atoms with E-state index in [4.69, 9.17) is 16.9 Å². The van der Waals surface area contributed by atoms with E-state index in [9.17, 15) is 4.79 Å².